The summed E-state index contributed by atoms with van der Waals surface area (Å²) in [6.45, 7) is 1.43. The third-order valence-corrected chi connectivity index (χ3v) is 3.20. The molecule has 0 saturated carbocycles. The van der Waals surface area contributed by atoms with Gasteiger partial charge in [0.15, 0.2) is 0 Å². The van der Waals surface area contributed by atoms with E-state index in [2.05, 4.69) is 0 Å². The molecule has 0 bridgehead atoms. The molecule has 2 aromatic rings. The highest BCUT2D eigenvalue weighted by molar-refractivity contribution is 5.82. The second-order valence-corrected chi connectivity index (χ2v) is 4.62. The largest absolute Gasteiger partial charge is 0.459 e. The Kier molecular flexibility index (Phi) is 4.35. The van der Waals surface area contributed by atoms with Crippen molar-refractivity contribution in [2.75, 3.05) is 13.1 Å². The van der Waals surface area contributed by atoms with Crippen molar-refractivity contribution in [1.29, 1.82) is 0 Å². The zero-order chi connectivity index (χ0) is 14.8. The molecule has 0 spiro atoms. The van der Waals surface area contributed by atoms with E-state index in [1.54, 1.807) is 13.0 Å². The van der Waals surface area contributed by atoms with Gasteiger partial charge in [0.25, 0.3) is 0 Å². The number of hydrogen-bond donors (Lipinski definition) is 1. The Balaban J connectivity index is 2.31. The Morgan fingerprint density at radius 1 is 1.25 bits per heavy atom. The maximum atomic E-state index is 12.5. The quantitative estimate of drug-likeness (QED) is 0.917. The monoisotopic (exact) mass is 286 g/mol. The maximum Gasteiger partial charge on any atom is 0.401 e. The molecule has 0 fully saturated rings. The van der Waals surface area contributed by atoms with Crippen molar-refractivity contribution in [3.05, 3.63) is 35.6 Å². The molecule has 1 aromatic carbocycles. The standard InChI is InChI=1S/C14H17F3N2O/c1-2-19(9-14(15,16)17)8-11-10-5-3-4-6-12(10)20-13(11)7-18/h3-6H,2,7-9,18H2,1H3. The molecule has 2 N–H and O–H groups in total. The molecule has 0 aliphatic carbocycles. The summed E-state index contributed by atoms with van der Waals surface area (Å²) in [5, 5.41) is 0.827. The van der Waals surface area contributed by atoms with Crippen molar-refractivity contribution in [3.8, 4) is 0 Å². The number of furan rings is 1. The summed E-state index contributed by atoms with van der Waals surface area (Å²) in [5.41, 5.74) is 7.03. The lowest BCUT2D eigenvalue weighted by molar-refractivity contribution is -0.146. The third-order valence-electron chi connectivity index (χ3n) is 3.20. The number of benzene rings is 1. The molecule has 3 nitrogen and oxygen atoms in total. The second kappa shape index (κ2) is 5.85. The number of nitrogens with zero attached hydrogens (tertiary/aromatic N) is 1. The number of hydrogen-bond acceptors (Lipinski definition) is 3. The van der Waals surface area contributed by atoms with Gasteiger partial charge in [0.05, 0.1) is 13.1 Å². The Labute approximate surface area is 115 Å². The normalized spacial score (nSPS) is 12.5. The van der Waals surface area contributed by atoms with Crippen LogP contribution in [0.15, 0.2) is 28.7 Å². The third kappa shape index (κ3) is 3.32. The molecule has 1 heterocycles. The first kappa shape index (κ1) is 14.9. The summed E-state index contributed by atoms with van der Waals surface area (Å²) in [6.07, 6.45) is -4.21. The van der Waals surface area contributed by atoms with E-state index < -0.39 is 12.7 Å². The van der Waals surface area contributed by atoms with Crippen LogP contribution in [0.1, 0.15) is 18.2 Å². The number of nitrogens with two attached hydrogens (primary N) is 1. The van der Waals surface area contributed by atoms with Crippen LogP contribution in [0.2, 0.25) is 0 Å². The number of alkyl halides is 3. The first-order valence-corrected chi connectivity index (χ1v) is 6.43. The number of para-hydroxylation sites is 1. The van der Waals surface area contributed by atoms with Crippen molar-refractivity contribution < 1.29 is 17.6 Å². The van der Waals surface area contributed by atoms with E-state index in [9.17, 15) is 13.2 Å². The first-order valence-electron chi connectivity index (χ1n) is 6.43. The van der Waals surface area contributed by atoms with Gasteiger partial charge in [0.1, 0.15) is 11.3 Å². The Morgan fingerprint density at radius 2 is 1.95 bits per heavy atom. The molecule has 110 valence electrons. The smallest absolute Gasteiger partial charge is 0.401 e. The van der Waals surface area contributed by atoms with Crippen LogP contribution in [-0.4, -0.2) is 24.2 Å². The topological polar surface area (TPSA) is 42.4 Å². The van der Waals surface area contributed by atoms with Crippen LogP contribution < -0.4 is 5.73 Å². The van der Waals surface area contributed by atoms with Crippen molar-refractivity contribution in [1.82, 2.24) is 4.90 Å². The fourth-order valence-corrected chi connectivity index (χ4v) is 2.24. The van der Waals surface area contributed by atoms with Crippen molar-refractivity contribution >= 4 is 11.0 Å². The highest BCUT2D eigenvalue weighted by atomic mass is 19.4. The van der Waals surface area contributed by atoms with E-state index in [1.807, 2.05) is 18.2 Å². The van der Waals surface area contributed by atoms with Gasteiger partial charge in [0, 0.05) is 17.5 Å². The SMILES string of the molecule is CCN(Cc1c(CN)oc2ccccc12)CC(F)(F)F. The summed E-state index contributed by atoms with van der Waals surface area (Å²) in [4.78, 5) is 1.33. The summed E-state index contributed by atoms with van der Waals surface area (Å²) in [7, 11) is 0. The zero-order valence-electron chi connectivity index (χ0n) is 11.2. The van der Waals surface area contributed by atoms with Gasteiger partial charge in [-0.25, -0.2) is 0 Å². The molecule has 20 heavy (non-hydrogen) atoms. The van der Waals surface area contributed by atoms with Gasteiger partial charge >= 0.3 is 6.18 Å². The van der Waals surface area contributed by atoms with Gasteiger partial charge in [0.2, 0.25) is 0 Å². The van der Waals surface area contributed by atoms with Crippen LogP contribution in [0, 0.1) is 0 Å². The molecule has 0 radical (unpaired) electrons. The average molecular weight is 286 g/mol. The number of rotatable bonds is 5. The molecule has 0 aliphatic rings. The predicted octanol–water partition coefficient (Wildman–Crippen LogP) is 3.28. The Bertz CT molecular complexity index is 577. The minimum absolute atomic E-state index is 0.174. The van der Waals surface area contributed by atoms with E-state index in [0.717, 1.165) is 10.9 Å². The van der Waals surface area contributed by atoms with E-state index in [1.165, 1.54) is 4.90 Å². The zero-order valence-corrected chi connectivity index (χ0v) is 11.2. The minimum Gasteiger partial charge on any atom is -0.459 e. The molecule has 0 unspecified atom stereocenters. The molecular formula is C14H17F3N2O. The Morgan fingerprint density at radius 3 is 2.55 bits per heavy atom. The molecular weight excluding hydrogens is 269 g/mol. The second-order valence-electron chi connectivity index (χ2n) is 4.62. The van der Waals surface area contributed by atoms with E-state index in [-0.39, 0.29) is 13.1 Å². The summed E-state index contributed by atoms with van der Waals surface area (Å²) in [5.74, 6) is 0.548. The van der Waals surface area contributed by atoms with E-state index in [0.29, 0.717) is 17.9 Å². The summed E-state index contributed by atoms with van der Waals surface area (Å²) < 4.78 is 43.2. The first-order chi connectivity index (χ1) is 9.44. The highest BCUT2D eigenvalue weighted by Gasteiger charge is 2.30. The molecule has 6 heteroatoms. The van der Waals surface area contributed by atoms with Crippen LogP contribution in [0.5, 0.6) is 0 Å². The Hall–Kier alpha value is -1.53. The molecule has 0 amide bonds. The number of halogens is 3. The fraction of sp³-hybridized carbons (Fsp3) is 0.429. The van der Waals surface area contributed by atoms with Gasteiger partial charge in [-0.1, -0.05) is 25.1 Å². The van der Waals surface area contributed by atoms with Crippen LogP contribution in [-0.2, 0) is 13.1 Å². The lowest BCUT2D eigenvalue weighted by Crippen LogP contribution is -2.33. The van der Waals surface area contributed by atoms with E-state index >= 15 is 0 Å². The highest BCUT2D eigenvalue weighted by Crippen LogP contribution is 2.28. The van der Waals surface area contributed by atoms with Crippen molar-refractivity contribution in [2.45, 2.75) is 26.2 Å². The molecule has 2 rings (SSSR count). The van der Waals surface area contributed by atoms with Gasteiger partial charge < -0.3 is 10.2 Å². The molecule has 1 aromatic heterocycles. The van der Waals surface area contributed by atoms with Crippen LogP contribution in [0.25, 0.3) is 11.0 Å². The van der Waals surface area contributed by atoms with Gasteiger partial charge in [-0.3, -0.25) is 4.90 Å². The summed E-state index contributed by atoms with van der Waals surface area (Å²) >= 11 is 0. The van der Waals surface area contributed by atoms with Crippen LogP contribution >= 0.6 is 0 Å². The molecule has 0 atom stereocenters. The number of fused-ring (bicyclic) bond motifs is 1. The maximum absolute atomic E-state index is 12.5. The molecule has 0 saturated heterocycles. The average Bonchev–Trinajstić information content (AvgIpc) is 2.74. The lowest BCUT2D eigenvalue weighted by Gasteiger charge is -2.21. The molecule has 0 aliphatic heterocycles. The van der Waals surface area contributed by atoms with Crippen molar-refractivity contribution in [3.63, 3.8) is 0 Å². The minimum atomic E-state index is -4.21. The van der Waals surface area contributed by atoms with Gasteiger partial charge in [-0.05, 0) is 12.6 Å². The van der Waals surface area contributed by atoms with Gasteiger partial charge in [-0.15, -0.1) is 0 Å². The van der Waals surface area contributed by atoms with E-state index in [4.69, 9.17) is 10.2 Å². The lowest BCUT2D eigenvalue weighted by atomic mass is 10.1. The predicted molar refractivity (Wildman–Crippen MR) is 71.1 cm³/mol. The van der Waals surface area contributed by atoms with Crippen LogP contribution in [0.3, 0.4) is 0 Å². The summed E-state index contributed by atoms with van der Waals surface area (Å²) in [6, 6.07) is 7.29. The van der Waals surface area contributed by atoms with Crippen molar-refractivity contribution in [2.24, 2.45) is 5.73 Å². The van der Waals surface area contributed by atoms with Gasteiger partial charge in [-0.2, -0.15) is 13.2 Å². The fourth-order valence-electron chi connectivity index (χ4n) is 2.24. The van der Waals surface area contributed by atoms with Crippen LogP contribution in [0.4, 0.5) is 13.2 Å².